The Labute approximate surface area is 98.7 Å². The molecule has 1 amide bonds. The van der Waals surface area contributed by atoms with Gasteiger partial charge < -0.3 is 14.8 Å². The highest BCUT2D eigenvalue weighted by Gasteiger charge is 2.21. The Bertz CT molecular complexity index is 482. The number of carbonyl (C=O) groups is 2. The monoisotopic (exact) mass is 235 g/mol. The molecule has 17 heavy (non-hydrogen) atoms. The number of ether oxygens (including phenoxy) is 2. The van der Waals surface area contributed by atoms with Crippen LogP contribution in [-0.4, -0.2) is 25.4 Å². The van der Waals surface area contributed by atoms with Gasteiger partial charge in [0.05, 0.1) is 5.69 Å². The first kappa shape index (κ1) is 11.4. The highest BCUT2D eigenvalue weighted by molar-refractivity contribution is 5.95. The molecule has 1 aliphatic rings. The molecule has 1 aromatic rings. The van der Waals surface area contributed by atoms with Crippen molar-refractivity contribution in [3.63, 3.8) is 0 Å². The molecule has 1 aliphatic heterocycles. The number of nitrogens with one attached hydrogen (secondary N) is 1. The van der Waals surface area contributed by atoms with Crippen LogP contribution in [0.3, 0.4) is 0 Å². The van der Waals surface area contributed by atoms with Gasteiger partial charge in [-0.1, -0.05) is 0 Å². The minimum atomic E-state index is -0.215. The highest BCUT2D eigenvalue weighted by Crippen LogP contribution is 2.41. The highest BCUT2D eigenvalue weighted by atomic mass is 16.6. The number of rotatable bonds is 2. The third kappa shape index (κ3) is 2.08. The van der Waals surface area contributed by atoms with E-state index in [2.05, 4.69) is 5.32 Å². The van der Waals surface area contributed by atoms with Gasteiger partial charge in [0, 0.05) is 12.5 Å². The van der Waals surface area contributed by atoms with Crippen molar-refractivity contribution in [2.45, 2.75) is 13.8 Å². The van der Waals surface area contributed by atoms with E-state index in [0.29, 0.717) is 41.5 Å². The molecule has 0 radical (unpaired) electrons. The Balaban J connectivity index is 2.59. The molecular formula is C12H13NO4. The summed E-state index contributed by atoms with van der Waals surface area (Å²) in [6.07, 6.45) is 0.735. The lowest BCUT2D eigenvalue weighted by molar-refractivity contribution is -0.114. The van der Waals surface area contributed by atoms with Crippen molar-refractivity contribution in [3.8, 4) is 11.5 Å². The van der Waals surface area contributed by atoms with Crippen LogP contribution in [0, 0.1) is 6.92 Å². The van der Waals surface area contributed by atoms with Crippen molar-refractivity contribution in [1.82, 2.24) is 0 Å². The topological polar surface area (TPSA) is 64.6 Å². The molecule has 90 valence electrons. The third-order valence-electron chi connectivity index (χ3n) is 2.56. The molecule has 1 heterocycles. The van der Waals surface area contributed by atoms with Gasteiger partial charge in [-0.25, -0.2) is 0 Å². The predicted molar refractivity (Wildman–Crippen MR) is 61.9 cm³/mol. The second-order valence-electron chi connectivity index (χ2n) is 3.79. The van der Waals surface area contributed by atoms with E-state index < -0.39 is 0 Å². The van der Waals surface area contributed by atoms with Crippen LogP contribution >= 0.6 is 0 Å². The summed E-state index contributed by atoms with van der Waals surface area (Å²) in [6, 6.07) is 1.63. The lowest BCUT2D eigenvalue weighted by Gasteiger charge is -2.23. The van der Waals surface area contributed by atoms with E-state index >= 15 is 0 Å². The van der Waals surface area contributed by atoms with Gasteiger partial charge in [0.2, 0.25) is 5.91 Å². The second-order valence-corrected chi connectivity index (χ2v) is 3.79. The Hall–Kier alpha value is -2.04. The number of hydrogen-bond acceptors (Lipinski definition) is 4. The molecule has 1 aromatic carbocycles. The van der Waals surface area contributed by atoms with E-state index in [9.17, 15) is 9.59 Å². The fraction of sp³-hybridized carbons (Fsp3) is 0.333. The van der Waals surface area contributed by atoms with E-state index in [-0.39, 0.29) is 5.91 Å². The molecule has 1 N–H and O–H groups in total. The summed E-state index contributed by atoms with van der Waals surface area (Å²) in [5.74, 6) is 0.773. The van der Waals surface area contributed by atoms with Gasteiger partial charge in [0.1, 0.15) is 13.2 Å². The van der Waals surface area contributed by atoms with Gasteiger partial charge in [0.15, 0.2) is 17.8 Å². The number of fused-ring (bicyclic) bond motifs is 1. The number of anilines is 1. The molecule has 5 nitrogen and oxygen atoms in total. The van der Waals surface area contributed by atoms with E-state index in [1.807, 2.05) is 0 Å². The van der Waals surface area contributed by atoms with Crippen molar-refractivity contribution in [3.05, 3.63) is 17.2 Å². The van der Waals surface area contributed by atoms with Gasteiger partial charge in [-0.2, -0.15) is 0 Å². The molecule has 0 bridgehead atoms. The normalized spacial score (nSPS) is 13.1. The predicted octanol–water partition coefficient (Wildman–Crippen LogP) is 1.54. The average molecular weight is 235 g/mol. The minimum absolute atomic E-state index is 0.215. The van der Waals surface area contributed by atoms with Crippen LogP contribution in [0.15, 0.2) is 6.07 Å². The minimum Gasteiger partial charge on any atom is -0.486 e. The van der Waals surface area contributed by atoms with Crippen LogP contribution in [0.2, 0.25) is 0 Å². The molecule has 0 spiro atoms. The smallest absolute Gasteiger partial charge is 0.221 e. The number of hydrogen-bond donors (Lipinski definition) is 1. The summed E-state index contributed by atoms with van der Waals surface area (Å²) in [5.41, 5.74) is 1.68. The molecule has 5 heteroatoms. The van der Waals surface area contributed by atoms with E-state index in [1.54, 1.807) is 13.0 Å². The van der Waals surface area contributed by atoms with Crippen LogP contribution in [0.5, 0.6) is 11.5 Å². The van der Waals surface area contributed by atoms with Crippen molar-refractivity contribution >= 4 is 17.9 Å². The largest absolute Gasteiger partial charge is 0.486 e. The zero-order chi connectivity index (χ0) is 12.4. The van der Waals surface area contributed by atoms with E-state index in [0.717, 1.165) is 6.29 Å². The maximum Gasteiger partial charge on any atom is 0.221 e. The lowest BCUT2D eigenvalue weighted by Crippen LogP contribution is -2.19. The Morgan fingerprint density at radius 1 is 1.41 bits per heavy atom. The standard InChI is InChI=1S/C12H13NO4/c1-7-9(6-14)5-10-12(17-4-3-16-10)11(7)13-8(2)15/h5-6H,3-4H2,1-2H3,(H,13,15). The number of amides is 1. The summed E-state index contributed by atoms with van der Waals surface area (Å²) < 4.78 is 10.9. The molecule has 0 unspecified atom stereocenters. The molecular weight excluding hydrogens is 222 g/mol. The molecule has 0 aliphatic carbocycles. The molecule has 0 aromatic heterocycles. The van der Waals surface area contributed by atoms with Crippen LogP contribution in [0.4, 0.5) is 5.69 Å². The van der Waals surface area contributed by atoms with Gasteiger partial charge in [-0.15, -0.1) is 0 Å². The second kappa shape index (κ2) is 4.45. The average Bonchev–Trinajstić information content (AvgIpc) is 2.32. The van der Waals surface area contributed by atoms with Crippen molar-refractivity contribution in [2.75, 3.05) is 18.5 Å². The van der Waals surface area contributed by atoms with E-state index in [1.165, 1.54) is 6.92 Å². The maximum atomic E-state index is 11.2. The van der Waals surface area contributed by atoms with Crippen molar-refractivity contribution < 1.29 is 19.1 Å². The molecule has 0 fully saturated rings. The summed E-state index contributed by atoms with van der Waals surface area (Å²) in [5, 5.41) is 2.67. The van der Waals surface area contributed by atoms with E-state index in [4.69, 9.17) is 9.47 Å². The van der Waals surface area contributed by atoms with Crippen molar-refractivity contribution in [2.24, 2.45) is 0 Å². The number of aldehydes is 1. The first-order valence-electron chi connectivity index (χ1n) is 5.29. The quantitative estimate of drug-likeness (QED) is 0.790. The number of carbonyl (C=O) groups excluding carboxylic acids is 2. The molecule has 0 saturated heterocycles. The molecule has 2 rings (SSSR count). The van der Waals surface area contributed by atoms with Gasteiger partial charge >= 0.3 is 0 Å². The Morgan fingerprint density at radius 2 is 2.12 bits per heavy atom. The maximum absolute atomic E-state index is 11.2. The van der Waals surface area contributed by atoms with Gasteiger partial charge in [0.25, 0.3) is 0 Å². The summed E-state index contributed by atoms with van der Waals surface area (Å²) in [7, 11) is 0. The zero-order valence-corrected chi connectivity index (χ0v) is 9.70. The fourth-order valence-corrected chi connectivity index (χ4v) is 1.75. The van der Waals surface area contributed by atoms with Crippen LogP contribution in [0.1, 0.15) is 22.8 Å². The Morgan fingerprint density at radius 3 is 2.76 bits per heavy atom. The number of benzene rings is 1. The summed E-state index contributed by atoms with van der Waals surface area (Å²) in [6.45, 7) is 4.03. The van der Waals surface area contributed by atoms with Crippen LogP contribution in [0.25, 0.3) is 0 Å². The van der Waals surface area contributed by atoms with Crippen LogP contribution < -0.4 is 14.8 Å². The van der Waals surface area contributed by atoms with Crippen LogP contribution in [-0.2, 0) is 4.79 Å². The van der Waals surface area contributed by atoms with Gasteiger partial charge in [-0.3, -0.25) is 9.59 Å². The SMILES string of the molecule is CC(=O)Nc1c(C)c(C=O)cc2c1OCCO2. The van der Waals surface area contributed by atoms with Crippen molar-refractivity contribution in [1.29, 1.82) is 0 Å². The zero-order valence-electron chi connectivity index (χ0n) is 9.70. The first-order chi connectivity index (χ1) is 8.13. The van der Waals surface area contributed by atoms with Gasteiger partial charge in [-0.05, 0) is 18.6 Å². The first-order valence-corrected chi connectivity index (χ1v) is 5.29. The summed E-state index contributed by atoms with van der Waals surface area (Å²) >= 11 is 0. The fourth-order valence-electron chi connectivity index (χ4n) is 1.75. The molecule has 0 atom stereocenters. The summed E-state index contributed by atoms with van der Waals surface area (Å²) in [4.78, 5) is 22.1. The third-order valence-corrected chi connectivity index (χ3v) is 2.56. The molecule has 0 saturated carbocycles. The Kier molecular flexibility index (Phi) is 2.99. The lowest BCUT2D eigenvalue weighted by atomic mass is 10.1.